The molecule has 0 aliphatic rings. The molecule has 1 aromatic rings. The molecule has 0 bridgehead atoms. The highest BCUT2D eigenvalue weighted by atomic mass is 16.6. The molecule has 0 aliphatic carbocycles. The Balaban J connectivity index is 3.49. The van der Waals surface area contributed by atoms with Crippen LogP contribution in [0.1, 0.15) is 5.56 Å². The summed E-state index contributed by atoms with van der Waals surface area (Å²) >= 11 is 0. The van der Waals surface area contributed by atoms with Gasteiger partial charge in [-0.2, -0.15) is 5.10 Å². The van der Waals surface area contributed by atoms with Gasteiger partial charge >= 0.3 is 0 Å². The van der Waals surface area contributed by atoms with E-state index in [0.29, 0.717) is 5.75 Å². The third-order valence-electron chi connectivity index (χ3n) is 1.96. The van der Waals surface area contributed by atoms with Crippen LogP contribution in [-0.4, -0.2) is 25.4 Å². The molecular weight excluding hydrogens is 214 g/mol. The summed E-state index contributed by atoms with van der Waals surface area (Å²) in [7, 11) is 2.82. The molecule has 7 nitrogen and oxygen atoms in total. The summed E-state index contributed by atoms with van der Waals surface area (Å²) in [5.74, 6) is 5.60. The normalized spacial score (nSPS) is 10.4. The van der Waals surface area contributed by atoms with Crippen LogP contribution in [-0.2, 0) is 0 Å². The molecule has 16 heavy (non-hydrogen) atoms. The maximum atomic E-state index is 10.8. The van der Waals surface area contributed by atoms with Crippen molar-refractivity contribution < 1.29 is 14.4 Å². The lowest BCUT2D eigenvalue weighted by atomic mass is 10.1. The second kappa shape index (κ2) is 4.96. The van der Waals surface area contributed by atoms with Gasteiger partial charge in [0, 0.05) is 6.07 Å². The molecule has 0 fully saturated rings. The topological polar surface area (TPSA) is 100.0 Å². The van der Waals surface area contributed by atoms with Gasteiger partial charge in [0.1, 0.15) is 5.56 Å². The molecular formula is C9H11N3O4. The van der Waals surface area contributed by atoms with Crippen molar-refractivity contribution in [2.75, 3.05) is 14.2 Å². The number of nitro benzene ring substituents is 1. The predicted molar refractivity (Wildman–Crippen MR) is 58.0 cm³/mol. The summed E-state index contributed by atoms with van der Waals surface area (Å²) in [5, 5.41) is 14.0. The Hall–Kier alpha value is -2.31. The highest BCUT2D eigenvalue weighted by molar-refractivity contribution is 5.90. The van der Waals surface area contributed by atoms with Gasteiger partial charge in [-0.3, -0.25) is 10.1 Å². The van der Waals surface area contributed by atoms with Crippen LogP contribution in [0.5, 0.6) is 11.5 Å². The lowest BCUT2D eigenvalue weighted by Crippen LogP contribution is -2.01. The van der Waals surface area contributed by atoms with Gasteiger partial charge in [-0.1, -0.05) is 0 Å². The van der Waals surface area contributed by atoms with E-state index in [9.17, 15) is 10.1 Å². The predicted octanol–water partition coefficient (Wildman–Crippen LogP) is 0.905. The minimum Gasteiger partial charge on any atom is -0.493 e. The first kappa shape index (κ1) is 11.8. The van der Waals surface area contributed by atoms with Crippen molar-refractivity contribution >= 4 is 11.9 Å². The Morgan fingerprint density at radius 1 is 1.44 bits per heavy atom. The molecule has 0 saturated heterocycles. The molecule has 0 aromatic heterocycles. The molecule has 0 aliphatic heterocycles. The molecule has 0 atom stereocenters. The number of methoxy groups -OCH3 is 2. The summed E-state index contributed by atoms with van der Waals surface area (Å²) in [6, 6.07) is 2.75. The standard InChI is InChI=1S/C9H11N3O4/c1-15-8-4-3-7(12(13)14)6(5-11-10)9(8)16-2/h3-5H,10H2,1-2H3. The highest BCUT2D eigenvalue weighted by Crippen LogP contribution is 2.35. The van der Waals surface area contributed by atoms with Gasteiger partial charge in [0.2, 0.25) is 0 Å². The van der Waals surface area contributed by atoms with Crippen LogP contribution in [0.4, 0.5) is 5.69 Å². The first-order valence-corrected chi connectivity index (χ1v) is 4.28. The Kier molecular flexibility index (Phi) is 3.65. The van der Waals surface area contributed by atoms with Gasteiger partial charge in [0.05, 0.1) is 25.4 Å². The molecule has 0 amide bonds. The first-order valence-electron chi connectivity index (χ1n) is 4.28. The lowest BCUT2D eigenvalue weighted by molar-refractivity contribution is -0.385. The SMILES string of the molecule is COc1ccc([N+](=O)[O-])c(C=NN)c1OC. The Morgan fingerprint density at radius 3 is 2.56 bits per heavy atom. The molecule has 0 heterocycles. The third-order valence-corrected chi connectivity index (χ3v) is 1.96. The highest BCUT2D eigenvalue weighted by Gasteiger charge is 2.20. The zero-order valence-electron chi connectivity index (χ0n) is 8.84. The van der Waals surface area contributed by atoms with Crippen molar-refractivity contribution in [3.8, 4) is 11.5 Å². The van der Waals surface area contributed by atoms with Crippen molar-refractivity contribution in [1.29, 1.82) is 0 Å². The molecule has 2 N–H and O–H groups in total. The maximum Gasteiger partial charge on any atom is 0.282 e. The van der Waals surface area contributed by atoms with Crippen LogP contribution in [0.2, 0.25) is 0 Å². The second-order valence-electron chi connectivity index (χ2n) is 2.77. The van der Waals surface area contributed by atoms with Crippen molar-refractivity contribution in [2.24, 2.45) is 10.9 Å². The number of rotatable bonds is 4. The smallest absolute Gasteiger partial charge is 0.282 e. The fraction of sp³-hybridized carbons (Fsp3) is 0.222. The van der Waals surface area contributed by atoms with Crippen LogP contribution in [0.25, 0.3) is 0 Å². The van der Waals surface area contributed by atoms with E-state index in [1.54, 1.807) is 0 Å². The monoisotopic (exact) mass is 225 g/mol. The zero-order valence-corrected chi connectivity index (χ0v) is 8.84. The molecule has 0 saturated carbocycles. The number of nitrogens with two attached hydrogens (primary N) is 1. The average Bonchev–Trinajstić information content (AvgIpc) is 2.28. The number of hydrogen-bond donors (Lipinski definition) is 1. The van der Waals surface area contributed by atoms with Crippen LogP contribution in [0.3, 0.4) is 0 Å². The van der Waals surface area contributed by atoms with Gasteiger partial charge in [-0.25, -0.2) is 0 Å². The number of hydrazone groups is 1. The van der Waals surface area contributed by atoms with E-state index in [-0.39, 0.29) is 17.0 Å². The fourth-order valence-corrected chi connectivity index (χ4v) is 1.30. The van der Waals surface area contributed by atoms with Crippen molar-refractivity contribution in [3.63, 3.8) is 0 Å². The van der Waals surface area contributed by atoms with Crippen LogP contribution >= 0.6 is 0 Å². The van der Waals surface area contributed by atoms with E-state index < -0.39 is 4.92 Å². The number of hydrogen-bond acceptors (Lipinski definition) is 6. The van der Waals surface area contributed by atoms with E-state index in [1.165, 1.54) is 26.4 Å². The van der Waals surface area contributed by atoms with Gasteiger partial charge in [-0.05, 0) is 6.07 Å². The number of ether oxygens (including phenoxy) is 2. The number of benzene rings is 1. The van der Waals surface area contributed by atoms with E-state index in [0.717, 1.165) is 6.21 Å². The summed E-state index contributed by atoms with van der Waals surface area (Å²) < 4.78 is 10.0. The Bertz CT molecular complexity index is 431. The van der Waals surface area contributed by atoms with Gasteiger partial charge in [0.25, 0.3) is 5.69 Å². The lowest BCUT2D eigenvalue weighted by Gasteiger charge is -2.09. The molecule has 1 rings (SSSR count). The molecule has 0 unspecified atom stereocenters. The van der Waals surface area contributed by atoms with Crippen molar-refractivity contribution in [1.82, 2.24) is 0 Å². The number of nitrogens with zero attached hydrogens (tertiary/aromatic N) is 2. The van der Waals surface area contributed by atoms with Crippen molar-refractivity contribution in [2.45, 2.75) is 0 Å². The number of nitro groups is 1. The van der Waals surface area contributed by atoms with E-state index in [2.05, 4.69) is 5.10 Å². The quantitative estimate of drug-likeness (QED) is 0.355. The summed E-state index contributed by atoms with van der Waals surface area (Å²) in [5.41, 5.74) is 0.0289. The van der Waals surface area contributed by atoms with Gasteiger partial charge in [0.15, 0.2) is 11.5 Å². The molecule has 7 heteroatoms. The maximum absolute atomic E-state index is 10.8. The van der Waals surface area contributed by atoms with Gasteiger partial charge < -0.3 is 15.3 Å². The van der Waals surface area contributed by atoms with E-state index >= 15 is 0 Å². The van der Waals surface area contributed by atoms with E-state index in [1.807, 2.05) is 0 Å². The molecule has 0 spiro atoms. The molecule has 0 radical (unpaired) electrons. The first-order chi connectivity index (χ1) is 7.65. The molecule has 86 valence electrons. The van der Waals surface area contributed by atoms with Crippen LogP contribution in [0.15, 0.2) is 17.2 Å². The Labute approximate surface area is 91.6 Å². The minimum atomic E-state index is -0.543. The summed E-state index contributed by atoms with van der Waals surface area (Å²) in [6.07, 6.45) is 1.15. The summed E-state index contributed by atoms with van der Waals surface area (Å²) in [6.45, 7) is 0. The van der Waals surface area contributed by atoms with Crippen molar-refractivity contribution in [3.05, 3.63) is 27.8 Å². The summed E-state index contributed by atoms with van der Waals surface area (Å²) in [4.78, 5) is 10.2. The Morgan fingerprint density at radius 2 is 2.12 bits per heavy atom. The average molecular weight is 225 g/mol. The fourth-order valence-electron chi connectivity index (χ4n) is 1.30. The van der Waals surface area contributed by atoms with Gasteiger partial charge in [-0.15, -0.1) is 0 Å². The van der Waals surface area contributed by atoms with E-state index in [4.69, 9.17) is 15.3 Å². The minimum absolute atomic E-state index is 0.146. The van der Waals surface area contributed by atoms with Crippen LogP contribution < -0.4 is 15.3 Å². The molecule has 1 aromatic carbocycles. The third kappa shape index (κ3) is 2.02. The largest absolute Gasteiger partial charge is 0.493 e. The zero-order chi connectivity index (χ0) is 12.1. The van der Waals surface area contributed by atoms with Crippen LogP contribution in [0, 0.1) is 10.1 Å². The second-order valence-corrected chi connectivity index (χ2v) is 2.77.